The molecular formula is C13H22N2O. The zero-order valence-corrected chi connectivity index (χ0v) is 10.4. The predicted molar refractivity (Wildman–Crippen MR) is 68.9 cm³/mol. The summed E-state index contributed by atoms with van der Waals surface area (Å²) >= 11 is 0. The molecule has 1 rings (SSSR count). The van der Waals surface area contributed by atoms with Crippen LogP contribution in [-0.2, 0) is 4.74 Å². The highest BCUT2D eigenvalue weighted by molar-refractivity contribution is 5.78. The maximum atomic E-state index is 5.34. The maximum absolute atomic E-state index is 5.34. The summed E-state index contributed by atoms with van der Waals surface area (Å²) in [6, 6.07) is 0. The van der Waals surface area contributed by atoms with Gasteiger partial charge in [0.15, 0.2) is 0 Å². The molecule has 0 spiro atoms. The number of ether oxygens (including phenoxy) is 1. The Kier molecular flexibility index (Phi) is 5.43. The first-order valence-corrected chi connectivity index (χ1v) is 5.74. The van der Waals surface area contributed by atoms with Crippen molar-refractivity contribution < 1.29 is 4.74 Å². The molecule has 3 nitrogen and oxygen atoms in total. The minimum Gasteiger partial charge on any atom is -0.381 e. The predicted octanol–water partition coefficient (Wildman–Crippen LogP) is 2.26. The zero-order valence-electron chi connectivity index (χ0n) is 10.4. The molecular weight excluding hydrogens is 200 g/mol. The molecule has 90 valence electrons. The van der Waals surface area contributed by atoms with Crippen molar-refractivity contribution in [2.45, 2.75) is 25.9 Å². The van der Waals surface area contributed by atoms with E-state index < -0.39 is 0 Å². The van der Waals surface area contributed by atoms with Crippen LogP contribution in [0.3, 0.4) is 0 Å². The zero-order chi connectivity index (χ0) is 12.0. The van der Waals surface area contributed by atoms with E-state index in [1.54, 1.807) is 7.11 Å². The third kappa shape index (κ3) is 4.73. The fraction of sp³-hybridized carbons (Fsp3) is 0.615. The van der Waals surface area contributed by atoms with E-state index in [9.17, 15) is 0 Å². The van der Waals surface area contributed by atoms with Gasteiger partial charge >= 0.3 is 0 Å². The molecule has 1 aliphatic heterocycles. The van der Waals surface area contributed by atoms with E-state index in [0.29, 0.717) is 6.10 Å². The Bertz CT molecular complexity index is 276. The number of methoxy groups -OCH3 is 1. The van der Waals surface area contributed by atoms with Gasteiger partial charge in [-0.05, 0) is 25.3 Å². The Morgan fingerprint density at radius 2 is 2.06 bits per heavy atom. The van der Waals surface area contributed by atoms with Gasteiger partial charge in [0.25, 0.3) is 0 Å². The van der Waals surface area contributed by atoms with Crippen molar-refractivity contribution in [3.8, 4) is 0 Å². The summed E-state index contributed by atoms with van der Waals surface area (Å²) in [6.45, 7) is 12.7. The van der Waals surface area contributed by atoms with E-state index in [0.717, 1.165) is 43.7 Å². The Morgan fingerprint density at radius 1 is 1.44 bits per heavy atom. The van der Waals surface area contributed by atoms with Crippen LogP contribution in [0.25, 0.3) is 0 Å². The molecule has 1 fully saturated rings. The van der Waals surface area contributed by atoms with Crippen LogP contribution < -0.4 is 0 Å². The van der Waals surface area contributed by atoms with Gasteiger partial charge in [0.1, 0.15) is 0 Å². The Balaban J connectivity index is 2.28. The molecule has 0 saturated carbocycles. The summed E-state index contributed by atoms with van der Waals surface area (Å²) in [5.41, 5.74) is 1.86. The average Bonchev–Trinajstić information content (AvgIpc) is 2.27. The van der Waals surface area contributed by atoms with Gasteiger partial charge in [-0.15, -0.1) is 0 Å². The molecule has 0 bridgehead atoms. The molecule has 0 aromatic rings. The van der Waals surface area contributed by atoms with Crippen molar-refractivity contribution >= 4 is 6.21 Å². The minimum absolute atomic E-state index is 0.439. The summed E-state index contributed by atoms with van der Waals surface area (Å²) in [6.07, 6.45) is 4.47. The number of hydrogen-bond donors (Lipinski definition) is 0. The number of allylic oxidation sites excluding steroid dienone is 1. The summed E-state index contributed by atoms with van der Waals surface area (Å²) in [4.78, 5) is 6.54. The molecule has 0 aromatic carbocycles. The van der Waals surface area contributed by atoms with Gasteiger partial charge in [0.2, 0.25) is 0 Å². The normalized spacial score (nSPS) is 19.1. The van der Waals surface area contributed by atoms with Crippen LogP contribution >= 0.6 is 0 Å². The second-order valence-corrected chi connectivity index (χ2v) is 4.36. The number of aliphatic imine (C=N–C) groups is 1. The third-order valence-corrected chi connectivity index (χ3v) is 2.76. The largest absolute Gasteiger partial charge is 0.381 e. The third-order valence-electron chi connectivity index (χ3n) is 2.76. The highest BCUT2D eigenvalue weighted by Crippen LogP contribution is 2.13. The molecule has 0 amide bonds. The van der Waals surface area contributed by atoms with Gasteiger partial charge in [0.05, 0.1) is 6.10 Å². The van der Waals surface area contributed by atoms with Crippen LogP contribution in [-0.4, -0.2) is 44.0 Å². The summed E-state index contributed by atoms with van der Waals surface area (Å²) in [5.74, 6) is 0. The van der Waals surface area contributed by atoms with Crippen LogP contribution in [0.5, 0.6) is 0 Å². The van der Waals surface area contributed by atoms with Gasteiger partial charge in [-0.2, -0.15) is 0 Å². The number of hydrogen-bond acceptors (Lipinski definition) is 3. The van der Waals surface area contributed by atoms with E-state index in [1.165, 1.54) is 0 Å². The van der Waals surface area contributed by atoms with Crippen molar-refractivity contribution in [2.24, 2.45) is 4.99 Å². The van der Waals surface area contributed by atoms with Crippen LogP contribution in [0.4, 0.5) is 0 Å². The molecule has 0 N–H and O–H groups in total. The highest BCUT2D eigenvalue weighted by atomic mass is 16.5. The van der Waals surface area contributed by atoms with E-state index in [4.69, 9.17) is 4.74 Å². The van der Waals surface area contributed by atoms with Crippen LogP contribution in [0.1, 0.15) is 19.8 Å². The summed E-state index contributed by atoms with van der Waals surface area (Å²) in [5, 5.41) is 0. The van der Waals surface area contributed by atoms with Gasteiger partial charge in [0, 0.05) is 38.7 Å². The van der Waals surface area contributed by atoms with Gasteiger partial charge < -0.3 is 4.74 Å². The quantitative estimate of drug-likeness (QED) is 0.667. The van der Waals surface area contributed by atoms with E-state index >= 15 is 0 Å². The Labute approximate surface area is 98.5 Å². The lowest BCUT2D eigenvalue weighted by Gasteiger charge is -2.31. The molecule has 3 heteroatoms. The van der Waals surface area contributed by atoms with E-state index in [2.05, 4.69) is 23.1 Å². The molecule has 1 saturated heterocycles. The van der Waals surface area contributed by atoms with E-state index in [-0.39, 0.29) is 0 Å². The van der Waals surface area contributed by atoms with Crippen molar-refractivity contribution in [1.82, 2.24) is 4.90 Å². The number of nitrogens with zero attached hydrogens (tertiary/aromatic N) is 2. The van der Waals surface area contributed by atoms with Crippen LogP contribution in [0.15, 0.2) is 29.4 Å². The maximum Gasteiger partial charge on any atom is 0.0595 e. The first-order valence-electron chi connectivity index (χ1n) is 5.74. The Morgan fingerprint density at radius 3 is 2.56 bits per heavy atom. The SMILES string of the molecule is C=C(C=NC(=C)C)CN1CCC(OC)CC1. The topological polar surface area (TPSA) is 24.8 Å². The Hall–Kier alpha value is -0.930. The molecule has 1 heterocycles. The fourth-order valence-electron chi connectivity index (χ4n) is 1.83. The number of rotatable bonds is 5. The highest BCUT2D eigenvalue weighted by Gasteiger charge is 2.18. The number of likely N-dealkylation sites (tertiary alicyclic amines) is 1. The molecule has 16 heavy (non-hydrogen) atoms. The van der Waals surface area contributed by atoms with E-state index in [1.807, 2.05) is 13.1 Å². The van der Waals surface area contributed by atoms with Crippen molar-refractivity contribution in [3.05, 3.63) is 24.4 Å². The molecule has 0 radical (unpaired) electrons. The lowest BCUT2D eigenvalue weighted by Crippen LogP contribution is -2.37. The monoisotopic (exact) mass is 222 g/mol. The van der Waals surface area contributed by atoms with Crippen LogP contribution in [0.2, 0.25) is 0 Å². The standard InChI is InChI=1S/C13H22N2O/c1-11(2)14-9-12(3)10-15-7-5-13(16-4)6-8-15/h9,13H,1,3,5-8,10H2,2,4H3. The second kappa shape index (κ2) is 6.61. The first kappa shape index (κ1) is 13.1. The lowest BCUT2D eigenvalue weighted by atomic mass is 10.1. The fourth-order valence-corrected chi connectivity index (χ4v) is 1.83. The van der Waals surface area contributed by atoms with Gasteiger partial charge in [-0.25, -0.2) is 0 Å². The van der Waals surface area contributed by atoms with Crippen LogP contribution in [0, 0.1) is 0 Å². The molecule has 1 aliphatic rings. The van der Waals surface area contributed by atoms with Crippen molar-refractivity contribution in [3.63, 3.8) is 0 Å². The summed E-state index contributed by atoms with van der Waals surface area (Å²) < 4.78 is 5.34. The molecule has 0 atom stereocenters. The van der Waals surface area contributed by atoms with Gasteiger partial charge in [-0.3, -0.25) is 9.89 Å². The molecule has 0 aliphatic carbocycles. The second-order valence-electron chi connectivity index (χ2n) is 4.36. The number of piperidine rings is 1. The first-order chi connectivity index (χ1) is 7.61. The average molecular weight is 222 g/mol. The van der Waals surface area contributed by atoms with Crippen molar-refractivity contribution in [1.29, 1.82) is 0 Å². The summed E-state index contributed by atoms with van der Waals surface area (Å²) in [7, 11) is 1.79. The minimum atomic E-state index is 0.439. The van der Waals surface area contributed by atoms with Crippen molar-refractivity contribution in [2.75, 3.05) is 26.7 Å². The molecule has 0 aromatic heterocycles. The molecule has 0 unspecified atom stereocenters. The lowest BCUT2D eigenvalue weighted by molar-refractivity contribution is 0.0442. The smallest absolute Gasteiger partial charge is 0.0595 e. The van der Waals surface area contributed by atoms with Gasteiger partial charge in [-0.1, -0.05) is 13.2 Å².